The van der Waals surface area contributed by atoms with Crippen molar-refractivity contribution in [1.82, 2.24) is 14.7 Å². The molecule has 1 N–H and O–H groups in total. The van der Waals surface area contributed by atoms with E-state index in [1.807, 2.05) is 0 Å². The van der Waals surface area contributed by atoms with Gasteiger partial charge in [-0.15, -0.1) is 11.3 Å². The zero-order valence-corrected chi connectivity index (χ0v) is 15.0. The quantitative estimate of drug-likeness (QED) is 0.755. The largest absolute Gasteiger partial charge is 0.496 e. The van der Waals surface area contributed by atoms with E-state index in [2.05, 4.69) is 10.3 Å². The van der Waals surface area contributed by atoms with Crippen LogP contribution in [0.3, 0.4) is 0 Å². The molecule has 0 aliphatic rings. The van der Waals surface area contributed by atoms with Gasteiger partial charge in [-0.3, -0.25) is 9.59 Å². The highest BCUT2D eigenvalue weighted by Crippen LogP contribution is 2.25. The van der Waals surface area contributed by atoms with E-state index < -0.39 is 17.2 Å². The third-order valence-electron chi connectivity index (χ3n) is 3.88. The SMILES string of the molecule is CNC(=O)c1c(C)sc2nc(Cc3cc(F)c(F)cc3OC)cc(=O)n12. The summed E-state index contributed by atoms with van der Waals surface area (Å²) in [5.74, 6) is -2.24. The van der Waals surface area contributed by atoms with Gasteiger partial charge in [0, 0.05) is 36.0 Å². The van der Waals surface area contributed by atoms with Crippen LogP contribution in [0.5, 0.6) is 5.75 Å². The van der Waals surface area contributed by atoms with E-state index in [0.29, 0.717) is 21.1 Å². The van der Waals surface area contributed by atoms with Crippen LogP contribution in [0.2, 0.25) is 0 Å². The summed E-state index contributed by atoms with van der Waals surface area (Å²) in [5, 5.41) is 2.50. The number of hydrogen-bond acceptors (Lipinski definition) is 5. The number of fused-ring (bicyclic) bond motifs is 1. The maximum atomic E-state index is 13.6. The van der Waals surface area contributed by atoms with Gasteiger partial charge in [-0.1, -0.05) is 0 Å². The van der Waals surface area contributed by atoms with Gasteiger partial charge in [-0.05, 0) is 13.0 Å². The Morgan fingerprint density at radius 1 is 1.31 bits per heavy atom. The van der Waals surface area contributed by atoms with Crippen molar-refractivity contribution < 1.29 is 18.3 Å². The molecule has 0 atom stereocenters. The molecule has 3 aromatic rings. The third-order valence-corrected chi connectivity index (χ3v) is 4.84. The molecule has 0 saturated carbocycles. The highest BCUT2D eigenvalue weighted by Gasteiger charge is 2.19. The number of aromatic nitrogens is 2. The number of nitrogens with one attached hydrogen (secondary N) is 1. The summed E-state index contributed by atoms with van der Waals surface area (Å²) in [6, 6.07) is 3.24. The maximum Gasteiger partial charge on any atom is 0.269 e. The van der Waals surface area contributed by atoms with Crippen LogP contribution < -0.4 is 15.6 Å². The van der Waals surface area contributed by atoms with Crippen molar-refractivity contribution in [2.24, 2.45) is 0 Å². The minimum Gasteiger partial charge on any atom is -0.496 e. The van der Waals surface area contributed by atoms with Crippen molar-refractivity contribution >= 4 is 22.2 Å². The summed E-state index contributed by atoms with van der Waals surface area (Å²) in [4.78, 5) is 29.9. The van der Waals surface area contributed by atoms with Crippen LogP contribution >= 0.6 is 11.3 Å². The third kappa shape index (κ3) is 3.05. The molecule has 0 fully saturated rings. The Balaban J connectivity index is 2.10. The Morgan fingerprint density at radius 2 is 2.00 bits per heavy atom. The molecule has 2 heterocycles. The van der Waals surface area contributed by atoms with E-state index in [4.69, 9.17) is 4.74 Å². The summed E-state index contributed by atoms with van der Waals surface area (Å²) in [7, 11) is 2.83. The summed E-state index contributed by atoms with van der Waals surface area (Å²) in [5.41, 5.74) is 0.544. The molecule has 26 heavy (non-hydrogen) atoms. The van der Waals surface area contributed by atoms with Crippen LogP contribution in [0, 0.1) is 18.6 Å². The van der Waals surface area contributed by atoms with E-state index in [-0.39, 0.29) is 23.8 Å². The Bertz CT molecular complexity index is 1080. The lowest BCUT2D eigenvalue weighted by Crippen LogP contribution is -2.25. The Hall–Kier alpha value is -2.81. The minimum atomic E-state index is -1.02. The first-order chi connectivity index (χ1) is 12.3. The molecule has 136 valence electrons. The number of methoxy groups -OCH3 is 1. The normalized spacial score (nSPS) is 11.0. The standard InChI is InChI=1S/C17H15F2N3O3S/c1-8-15(16(24)20-2)22-14(23)6-10(21-17(22)26-8)4-9-5-11(18)12(19)7-13(9)25-3/h5-7H,4H2,1-3H3,(H,20,24). The van der Waals surface area contributed by atoms with Crippen LogP contribution in [0.4, 0.5) is 8.78 Å². The maximum absolute atomic E-state index is 13.6. The fourth-order valence-corrected chi connectivity index (χ4v) is 3.68. The molecule has 0 aliphatic carbocycles. The number of rotatable bonds is 4. The van der Waals surface area contributed by atoms with E-state index in [1.54, 1.807) is 6.92 Å². The van der Waals surface area contributed by atoms with Gasteiger partial charge in [-0.25, -0.2) is 18.2 Å². The zero-order valence-electron chi connectivity index (χ0n) is 14.2. The number of carbonyl (C=O) groups is 1. The number of thiazole rings is 1. The number of halogens is 2. The topological polar surface area (TPSA) is 72.7 Å². The van der Waals surface area contributed by atoms with Gasteiger partial charge in [0.2, 0.25) is 0 Å². The predicted molar refractivity (Wildman–Crippen MR) is 93.2 cm³/mol. The summed E-state index contributed by atoms with van der Waals surface area (Å²) >= 11 is 1.20. The average Bonchev–Trinajstić information content (AvgIpc) is 2.93. The monoisotopic (exact) mass is 379 g/mol. The highest BCUT2D eigenvalue weighted by molar-refractivity contribution is 7.17. The summed E-state index contributed by atoms with van der Waals surface area (Å²) < 4.78 is 33.2. The van der Waals surface area contributed by atoms with E-state index in [1.165, 1.54) is 36.0 Å². The van der Waals surface area contributed by atoms with E-state index >= 15 is 0 Å². The highest BCUT2D eigenvalue weighted by atomic mass is 32.1. The molecule has 0 radical (unpaired) electrons. The second-order valence-corrected chi connectivity index (χ2v) is 6.73. The van der Waals surface area contributed by atoms with Crippen LogP contribution in [-0.4, -0.2) is 29.4 Å². The zero-order chi connectivity index (χ0) is 19.0. The number of aryl methyl sites for hydroxylation is 1. The molecule has 0 unspecified atom stereocenters. The molecule has 3 rings (SSSR count). The Labute approximate surface area is 151 Å². The van der Waals surface area contributed by atoms with Gasteiger partial charge < -0.3 is 10.1 Å². The summed E-state index contributed by atoms with van der Waals surface area (Å²) in [6.45, 7) is 1.72. The van der Waals surface area contributed by atoms with Gasteiger partial charge in [0.15, 0.2) is 16.6 Å². The number of amides is 1. The molecule has 2 aromatic heterocycles. The van der Waals surface area contributed by atoms with E-state index in [9.17, 15) is 18.4 Å². The van der Waals surface area contributed by atoms with Gasteiger partial charge in [-0.2, -0.15) is 0 Å². The van der Waals surface area contributed by atoms with Crippen molar-refractivity contribution in [3.63, 3.8) is 0 Å². The number of ether oxygens (including phenoxy) is 1. The van der Waals surface area contributed by atoms with Crippen LogP contribution in [0.1, 0.15) is 26.6 Å². The van der Waals surface area contributed by atoms with Crippen LogP contribution in [-0.2, 0) is 6.42 Å². The molecular weight excluding hydrogens is 364 g/mol. The lowest BCUT2D eigenvalue weighted by Gasteiger charge is -2.09. The average molecular weight is 379 g/mol. The molecule has 1 amide bonds. The first-order valence-corrected chi connectivity index (χ1v) is 8.43. The second-order valence-electron chi connectivity index (χ2n) is 5.54. The lowest BCUT2D eigenvalue weighted by atomic mass is 10.1. The fourth-order valence-electron chi connectivity index (χ4n) is 2.69. The van der Waals surface area contributed by atoms with Crippen LogP contribution in [0.15, 0.2) is 23.0 Å². The van der Waals surface area contributed by atoms with Crippen molar-refractivity contribution in [2.75, 3.05) is 14.2 Å². The first-order valence-electron chi connectivity index (χ1n) is 7.61. The molecule has 0 aliphatic heterocycles. The number of hydrogen-bond donors (Lipinski definition) is 1. The Morgan fingerprint density at radius 3 is 2.65 bits per heavy atom. The van der Waals surface area contributed by atoms with Gasteiger partial charge >= 0.3 is 0 Å². The molecule has 9 heteroatoms. The van der Waals surface area contributed by atoms with Crippen molar-refractivity contribution in [3.05, 3.63) is 62.0 Å². The molecular formula is C17H15F2N3O3S. The van der Waals surface area contributed by atoms with Gasteiger partial charge in [0.25, 0.3) is 11.5 Å². The van der Waals surface area contributed by atoms with E-state index in [0.717, 1.165) is 12.1 Å². The molecule has 6 nitrogen and oxygen atoms in total. The number of nitrogens with zero attached hydrogens (tertiary/aromatic N) is 2. The van der Waals surface area contributed by atoms with Crippen LogP contribution in [0.25, 0.3) is 4.96 Å². The first kappa shape index (κ1) is 18.0. The Kier molecular flexibility index (Phi) is 4.73. The number of carbonyl (C=O) groups excluding carboxylic acids is 1. The fraction of sp³-hybridized carbons (Fsp3) is 0.235. The molecule has 0 spiro atoms. The summed E-state index contributed by atoms with van der Waals surface area (Å²) in [6.07, 6.45) is 0.0817. The van der Waals surface area contributed by atoms with Crippen molar-refractivity contribution in [1.29, 1.82) is 0 Å². The second kappa shape index (κ2) is 6.83. The molecule has 0 bridgehead atoms. The predicted octanol–water partition coefficient (Wildman–Crippen LogP) is 2.30. The number of benzene rings is 1. The van der Waals surface area contributed by atoms with Crippen molar-refractivity contribution in [2.45, 2.75) is 13.3 Å². The minimum absolute atomic E-state index is 0.0817. The van der Waals surface area contributed by atoms with Crippen molar-refractivity contribution in [3.8, 4) is 5.75 Å². The van der Waals surface area contributed by atoms with Gasteiger partial charge in [0.1, 0.15) is 11.4 Å². The smallest absolute Gasteiger partial charge is 0.269 e. The van der Waals surface area contributed by atoms with Gasteiger partial charge in [0.05, 0.1) is 12.8 Å². The molecule has 1 aromatic carbocycles. The molecule has 0 saturated heterocycles. The lowest BCUT2D eigenvalue weighted by molar-refractivity contribution is 0.0956.